The van der Waals surface area contributed by atoms with Crippen molar-refractivity contribution in [3.63, 3.8) is 0 Å². The standard InChI is InChI=1S/C20H22BrNO3S/c1-14-5-7-16(8-6-14)20(17-9-10-17)22-19(23)13-26(24,25)12-15-3-2-4-18(21)11-15/h2-8,11,17,20H,9-10,12-13H2,1H3,(H,22,23)/t20-/m0/s1. The van der Waals surface area contributed by atoms with Crippen LogP contribution in [0, 0.1) is 12.8 Å². The predicted octanol–water partition coefficient (Wildman–Crippen LogP) is 3.94. The fraction of sp³-hybridized carbons (Fsp3) is 0.350. The first kappa shape index (κ1) is 19.1. The van der Waals surface area contributed by atoms with Gasteiger partial charge in [0.15, 0.2) is 9.84 Å². The molecule has 6 heteroatoms. The van der Waals surface area contributed by atoms with Gasteiger partial charge in [0, 0.05) is 4.47 Å². The van der Waals surface area contributed by atoms with Crippen molar-refractivity contribution in [1.82, 2.24) is 5.32 Å². The van der Waals surface area contributed by atoms with Crippen LogP contribution in [0.2, 0.25) is 0 Å². The molecule has 1 aliphatic carbocycles. The van der Waals surface area contributed by atoms with Gasteiger partial charge >= 0.3 is 0 Å². The fourth-order valence-electron chi connectivity index (χ4n) is 3.02. The minimum Gasteiger partial charge on any atom is -0.348 e. The molecule has 4 nitrogen and oxygen atoms in total. The maximum absolute atomic E-state index is 12.4. The molecule has 1 fully saturated rings. The van der Waals surface area contributed by atoms with Gasteiger partial charge in [-0.3, -0.25) is 4.79 Å². The molecule has 0 radical (unpaired) electrons. The number of rotatable bonds is 7. The summed E-state index contributed by atoms with van der Waals surface area (Å²) in [5.74, 6) is -0.667. The number of aryl methyl sites for hydroxylation is 1. The minimum atomic E-state index is -3.52. The molecule has 1 N–H and O–H groups in total. The first-order valence-corrected chi connectivity index (χ1v) is 11.2. The zero-order chi connectivity index (χ0) is 18.7. The van der Waals surface area contributed by atoms with Crippen molar-refractivity contribution in [1.29, 1.82) is 0 Å². The van der Waals surface area contributed by atoms with Crippen LogP contribution < -0.4 is 5.32 Å². The first-order valence-electron chi connectivity index (χ1n) is 8.63. The number of benzene rings is 2. The molecule has 0 aliphatic heterocycles. The zero-order valence-electron chi connectivity index (χ0n) is 14.6. The average Bonchev–Trinajstić information content (AvgIpc) is 3.37. The maximum Gasteiger partial charge on any atom is 0.235 e. The molecule has 0 unspecified atom stereocenters. The van der Waals surface area contributed by atoms with Gasteiger partial charge in [-0.25, -0.2) is 8.42 Å². The smallest absolute Gasteiger partial charge is 0.235 e. The number of sulfone groups is 1. The van der Waals surface area contributed by atoms with E-state index in [2.05, 4.69) is 21.2 Å². The SMILES string of the molecule is Cc1ccc([C@H](NC(=O)CS(=O)(=O)Cc2cccc(Br)c2)C2CC2)cc1. The van der Waals surface area contributed by atoms with E-state index in [9.17, 15) is 13.2 Å². The lowest BCUT2D eigenvalue weighted by atomic mass is 10.0. The summed E-state index contributed by atoms with van der Waals surface area (Å²) in [4.78, 5) is 12.4. The molecular formula is C20H22BrNO3S. The molecule has 1 aliphatic rings. The number of halogens is 1. The molecule has 0 aromatic heterocycles. The molecule has 26 heavy (non-hydrogen) atoms. The van der Waals surface area contributed by atoms with Crippen molar-refractivity contribution in [3.8, 4) is 0 Å². The third kappa shape index (κ3) is 5.42. The van der Waals surface area contributed by atoms with Crippen LogP contribution in [-0.4, -0.2) is 20.1 Å². The fourth-order valence-corrected chi connectivity index (χ4v) is 4.74. The molecular weight excluding hydrogens is 414 g/mol. The average molecular weight is 436 g/mol. The molecule has 1 atom stereocenters. The third-order valence-electron chi connectivity index (χ3n) is 4.47. The lowest BCUT2D eigenvalue weighted by Gasteiger charge is -2.19. The number of hydrogen-bond donors (Lipinski definition) is 1. The highest BCUT2D eigenvalue weighted by Gasteiger charge is 2.34. The summed E-state index contributed by atoms with van der Waals surface area (Å²) >= 11 is 3.33. The first-order chi connectivity index (χ1) is 12.3. The zero-order valence-corrected chi connectivity index (χ0v) is 17.0. The van der Waals surface area contributed by atoms with Gasteiger partial charge in [0.2, 0.25) is 5.91 Å². The molecule has 138 valence electrons. The summed E-state index contributed by atoms with van der Waals surface area (Å²) in [5, 5.41) is 2.94. The van der Waals surface area contributed by atoms with E-state index in [0.717, 1.165) is 28.4 Å². The van der Waals surface area contributed by atoms with Crippen LogP contribution in [-0.2, 0) is 20.4 Å². The summed E-state index contributed by atoms with van der Waals surface area (Å²) in [6, 6.07) is 15.1. The van der Waals surface area contributed by atoms with Crippen molar-refractivity contribution in [2.24, 2.45) is 5.92 Å². The highest BCUT2D eigenvalue weighted by Crippen LogP contribution is 2.41. The van der Waals surface area contributed by atoms with E-state index < -0.39 is 21.5 Å². The Kier molecular flexibility index (Phi) is 5.82. The number of amides is 1. The molecule has 2 aromatic carbocycles. The van der Waals surface area contributed by atoms with Gasteiger partial charge in [0.25, 0.3) is 0 Å². The molecule has 2 aromatic rings. The highest BCUT2D eigenvalue weighted by atomic mass is 79.9. The lowest BCUT2D eigenvalue weighted by Crippen LogP contribution is -2.35. The van der Waals surface area contributed by atoms with E-state index in [1.807, 2.05) is 37.3 Å². The van der Waals surface area contributed by atoms with Gasteiger partial charge in [0.1, 0.15) is 5.75 Å². The van der Waals surface area contributed by atoms with Crippen LogP contribution in [0.4, 0.5) is 0 Å². The summed E-state index contributed by atoms with van der Waals surface area (Å²) in [6.45, 7) is 2.02. The normalized spacial score (nSPS) is 15.5. The van der Waals surface area contributed by atoms with Crippen molar-refractivity contribution in [2.45, 2.75) is 31.6 Å². The van der Waals surface area contributed by atoms with E-state index >= 15 is 0 Å². The number of hydrogen-bond acceptors (Lipinski definition) is 3. The van der Waals surface area contributed by atoms with Gasteiger partial charge in [0.05, 0.1) is 11.8 Å². The van der Waals surface area contributed by atoms with Crippen molar-refractivity contribution >= 4 is 31.7 Å². The van der Waals surface area contributed by atoms with Gasteiger partial charge in [-0.1, -0.05) is 57.9 Å². The van der Waals surface area contributed by atoms with Crippen molar-refractivity contribution < 1.29 is 13.2 Å². The Balaban J connectivity index is 1.65. The Hall–Kier alpha value is -1.66. The van der Waals surface area contributed by atoms with Crippen LogP contribution in [0.3, 0.4) is 0 Å². The second-order valence-corrected chi connectivity index (χ2v) is 9.94. The van der Waals surface area contributed by atoms with Gasteiger partial charge < -0.3 is 5.32 Å². The molecule has 3 rings (SSSR count). The van der Waals surface area contributed by atoms with Crippen molar-refractivity contribution in [3.05, 3.63) is 69.7 Å². The quantitative estimate of drug-likeness (QED) is 0.715. The lowest BCUT2D eigenvalue weighted by molar-refractivity contribution is -0.119. The van der Waals surface area contributed by atoms with E-state index in [4.69, 9.17) is 0 Å². The van der Waals surface area contributed by atoms with Gasteiger partial charge in [-0.2, -0.15) is 0 Å². The third-order valence-corrected chi connectivity index (χ3v) is 6.44. The van der Waals surface area contributed by atoms with E-state index in [1.165, 1.54) is 0 Å². The molecule has 0 heterocycles. The molecule has 0 saturated heterocycles. The largest absolute Gasteiger partial charge is 0.348 e. The van der Waals surface area contributed by atoms with Crippen LogP contribution in [0.25, 0.3) is 0 Å². The van der Waals surface area contributed by atoms with Gasteiger partial charge in [-0.05, 0) is 48.9 Å². The Labute approximate surface area is 163 Å². The second kappa shape index (κ2) is 7.92. The molecule has 0 bridgehead atoms. The Morgan fingerprint density at radius 2 is 1.88 bits per heavy atom. The summed E-state index contributed by atoms with van der Waals surface area (Å²) < 4.78 is 25.6. The van der Waals surface area contributed by atoms with E-state index in [0.29, 0.717) is 11.5 Å². The Bertz CT molecular complexity index is 890. The molecule has 0 spiro atoms. The summed E-state index contributed by atoms with van der Waals surface area (Å²) in [5.41, 5.74) is 2.87. The summed E-state index contributed by atoms with van der Waals surface area (Å²) in [7, 11) is -3.52. The minimum absolute atomic E-state index is 0.107. The van der Waals surface area contributed by atoms with E-state index in [-0.39, 0.29) is 11.8 Å². The van der Waals surface area contributed by atoms with Crippen LogP contribution in [0.1, 0.15) is 35.6 Å². The Morgan fingerprint density at radius 1 is 1.19 bits per heavy atom. The van der Waals surface area contributed by atoms with Crippen LogP contribution in [0.15, 0.2) is 53.0 Å². The number of carbonyl (C=O) groups is 1. The molecule has 1 saturated carbocycles. The number of carbonyl (C=O) groups excluding carboxylic acids is 1. The number of nitrogens with one attached hydrogen (secondary N) is 1. The monoisotopic (exact) mass is 435 g/mol. The topological polar surface area (TPSA) is 63.2 Å². The van der Waals surface area contributed by atoms with Gasteiger partial charge in [-0.15, -0.1) is 0 Å². The molecule has 1 amide bonds. The highest BCUT2D eigenvalue weighted by molar-refractivity contribution is 9.10. The predicted molar refractivity (Wildman–Crippen MR) is 106 cm³/mol. The van der Waals surface area contributed by atoms with Crippen LogP contribution in [0.5, 0.6) is 0 Å². The van der Waals surface area contributed by atoms with Crippen LogP contribution >= 0.6 is 15.9 Å². The van der Waals surface area contributed by atoms with Crippen molar-refractivity contribution in [2.75, 3.05) is 5.75 Å². The summed E-state index contributed by atoms with van der Waals surface area (Å²) in [6.07, 6.45) is 2.12. The maximum atomic E-state index is 12.4. The van der Waals surface area contributed by atoms with E-state index in [1.54, 1.807) is 18.2 Å². The Morgan fingerprint density at radius 3 is 2.50 bits per heavy atom. The second-order valence-electron chi connectivity index (χ2n) is 6.96.